The summed E-state index contributed by atoms with van der Waals surface area (Å²) in [6, 6.07) is 7.47. The number of hydrazone groups is 1. The second-order valence-electron chi connectivity index (χ2n) is 4.25. The number of carbonyl (C=O) groups is 2. The Morgan fingerprint density at radius 3 is 2.74 bits per heavy atom. The van der Waals surface area contributed by atoms with Crippen LogP contribution in [0.25, 0.3) is 0 Å². The fourth-order valence-corrected chi connectivity index (χ4v) is 2.28. The van der Waals surface area contributed by atoms with Gasteiger partial charge in [-0.1, -0.05) is 28.1 Å². The molecule has 0 bridgehead atoms. The van der Waals surface area contributed by atoms with Gasteiger partial charge in [-0.15, -0.1) is 0 Å². The lowest BCUT2D eigenvalue weighted by molar-refractivity contribution is -0.145. The summed E-state index contributed by atoms with van der Waals surface area (Å²) in [5, 5.41) is 3.78. The van der Waals surface area contributed by atoms with Crippen LogP contribution in [0.1, 0.15) is 18.4 Å². The van der Waals surface area contributed by atoms with Crippen LogP contribution in [0.3, 0.4) is 0 Å². The molecular formula is C13H14BrN3O2. The molecular weight excluding hydrogens is 310 g/mol. The molecule has 19 heavy (non-hydrogen) atoms. The molecule has 0 atom stereocenters. The summed E-state index contributed by atoms with van der Waals surface area (Å²) in [6.45, 7) is 1.31. The summed E-state index contributed by atoms with van der Waals surface area (Å²) >= 11 is 3.34. The molecule has 0 unspecified atom stereocenters. The van der Waals surface area contributed by atoms with Gasteiger partial charge in [-0.2, -0.15) is 5.10 Å². The van der Waals surface area contributed by atoms with E-state index in [1.54, 1.807) is 4.90 Å². The third-order valence-corrected chi connectivity index (χ3v) is 3.31. The molecule has 2 amide bonds. The number of carbonyl (C=O) groups excluding carboxylic acids is 2. The number of nitrogens with zero attached hydrogens (tertiary/aromatic N) is 2. The monoisotopic (exact) mass is 323 g/mol. The molecule has 0 spiro atoms. The number of amides is 2. The lowest BCUT2D eigenvalue weighted by Crippen LogP contribution is -2.39. The Morgan fingerprint density at radius 1 is 1.32 bits per heavy atom. The van der Waals surface area contributed by atoms with Crippen molar-refractivity contribution in [3.8, 4) is 0 Å². The highest BCUT2D eigenvalue weighted by Crippen LogP contribution is 2.10. The van der Waals surface area contributed by atoms with Crippen LogP contribution < -0.4 is 5.43 Å². The SMILES string of the molecule is O=C(N/N=C/c1cccc(Br)c1)C(=O)N1CCCC1. The van der Waals surface area contributed by atoms with Crippen LogP contribution in [0.2, 0.25) is 0 Å². The maximum absolute atomic E-state index is 11.7. The van der Waals surface area contributed by atoms with Crippen molar-refractivity contribution in [3.05, 3.63) is 34.3 Å². The number of likely N-dealkylation sites (tertiary alicyclic amines) is 1. The van der Waals surface area contributed by atoms with E-state index in [-0.39, 0.29) is 0 Å². The molecule has 1 heterocycles. The second kappa shape index (κ2) is 6.47. The molecule has 1 aromatic rings. The average Bonchev–Trinajstić information content (AvgIpc) is 2.91. The van der Waals surface area contributed by atoms with Crippen LogP contribution in [0.15, 0.2) is 33.8 Å². The largest absolute Gasteiger partial charge is 0.334 e. The normalized spacial score (nSPS) is 14.9. The lowest BCUT2D eigenvalue weighted by atomic mass is 10.2. The summed E-state index contributed by atoms with van der Waals surface area (Å²) in [5.41, 5.74) is 3.09. The number of hydrogen-bond acceptors (Lipinski definition) is 3. The first-order valence-corrected chi connectivity index (χ1v) is 6.84. The smallest absolute Gasteiger partial charge is 0.329 e. The van der Waals surface area contributed by atoms with Crippen molar-refractivity contribution in [2.45, 2.75) is 12.8 Å². The van der Waals surface area contributed by atoms with E-state index in [0.29, 0.717) is 13.1 Å². The standard InChI is InChI=1S/C13H14BrN3O2/c14-11-5-3-4-10(8-11)9-15-16-12(18)13(19)17-6-1-2-7-17/h3-5,8-9H,1-2,6-7H2,(H,16,18)/b15-9+. The summed E-state index contributed by atoms with van der Waals surface area (Å²) in [5.74, 6) is -1.20. The molecule has 1 fully saturated rings. The van der Waals surface area contributed by atoms with Gasteiger partial charge in [-0.25, -0.2) is 5.43 Å². The first-order chi connectivity index (χ1) is 9.16. The van der Waals surface area contributed by atoms with Crippen LogP contribution in [0, 0.1) is 0 Å². The third kappa shape index (κ3) is 3.89. The Kier molecular flexibility index (Phi) is 4.68. The van der Waals surface area contributed by atoms with Crippen molar-refractivity contribution >= 4 is 34.0 Å². The first-order valence-electron chi connectivity index (χ1n) is 6.05. The van der Waals surface area contributed by atoms with Crippen LogP contribution in [-0.4, -0.2) is 36.0 Å². The highest BCUT2D eigenvalue weighted by Gasteiger charge is 2.23. The van der Waals surface area contributed by atoms with Gasteiger partial charge in [0.2, 0.25) is 0 Å². The van der Waals surface area contributed by atoms with Gasteiger partial charge in [-0.05, 0) is 30.5 Å². The fraction of sp³-hybridized carbons (Fsp3) is 0.308. The number of halogens is 1. The van der Waals surface area contributed by atoms with E-state index >= 15 is 0 Å². The van der Waals surface area contributed by atoms with Crippen molar-refractivity contribution < 1.29 is 9.59 Å². The van der Waals surface area contributed by atoms with Gasteiger partial charge < -0.3 is 4.90 Å². The minimum absolute atomic E-state index is 0.510. The van der Waals surface area contributed by atoms with Crippen molar-refractivity contribution in [1.29, 1.82) is 0 Å². The first kappa shape index (κ1) is 13.7. The molecule has 1 saturated heterocycles. The van der Waals surface area contributed by atoms with Crippen molar-refractivity contribution in [2.24, 2.45) is 5.10 Å². The molecule has 0 saturated carbocycles. The summed E-state index contributed by atoms with van der Waals surface area (Å²) < 4.78 is 0.927. The zero-order valence-corrected chi connectivity index (χ0v) is 11.9. The Morgan fingerprint density at radius 2 is 2.05 bits per heavy atom. The molecule has 0 radical (unpaired) electrons. The number of hydrogen-bond donors (Lipinski definition) is 1. The third-order valence-electron chi connectivity index (χ3n) is 2.82. The molecule has 0 aromatic heterocycles. The average molecular weight is 324 g/mol. The zero-order chi connectivity index (χ0) is 13.7. The van der Waals surface area contributed by atoms with Crippen molar-refractivity contribution in [2.75, 3.05) is 13.1 Å². The van der Waals surface area contributed by atoms with Gasteiger partial charge in [0.05, 0.1) is 6.21 Å². The lowest BCUT2D eigenvalue weighted by Gasteiger charge is -2.12. The maximum atomic E-state index is 11.7. The van der Waals surface area contributed by atoms with Gasteiger partial charge in [0, 0.05) is 17.6 Å². The van der Waals surface area contributed by atoms with E-state index in [4.69, 9.17) is 0 Å². The molecule has 1 aromatic carbocycles. The van der Waals surface area contributed by atoms with Gasteiger partial charge in [0.1, 0.15) is 0 Å². The molecule has 1 aliphatic heterocycles. The molecule has 6 heteroatoms. The predicted octanol–water partition coefficient (Wildman–Crippen LogP) is 1.52. The summed E-state index contributed by atoms with van der Waals surface area (Å²) in [4.78, 5) is 24.8. The fourth-order valence-electron chi connectivity index (χ4n) is 1.86. The van der Waals surface area contributed by atoms with Crippen LogP contribution in [0.4, 0.5) is 0 Å². The topological polar surface area (TPSA) is 61.8 Å². The van der Waals surface area contributed by atoms with Gasteiger partial charge in [-0.3, -0.25) is 9.59 Å². The highest BCUT2D eigenvalue weighted by atomic mass is 79.9. The van der Waals surface area contributed by atoms with Gasteiger partial charge in [0.15, 0.2) is 0 Å². The number of nitrogens with one attached hydrogen (secondary N) is 1. The van der Waals surface area contributed by atoms with E-state index in [9.17, 15) is 9.59 Å². The van der Waals surface area contributed by atoms with Crippen LogP contribution in [0.5, 0.6) is 0 Å². The van der Waals surface area contributed by atoms with Crippen molar-refractivity contribution in [1.82, 2.24) is 10.3 Å². The van der Waals surface area contributed by atoms with Crippen molar-refractivity contribution in [3.63, 3.8) is 0 Å². The zero-order valence-electron chi connectivity index (χ0n) is 10.3. The highest BCUT2D eigenvalue weighted by molar-refractivity contribution is 9.10. The molecule has 0 aliphatic carbocycles. The predicted molar refractivity (Wildman–Crippen MR) is 75.7 cm³/mol. The minimum atomic E-state index is -0.687. The molecule has 2 rings (SSSR count). The van der Waals surface area contributed by atoms with E-state index in [2.05, 4.69) is 26.5 Å². The number of benzene rings is 1. The van der Waals surface area contributed by atoms with E-state index < -0.39 is 11.8 Å². The molecule has 5 nitrogen and oxygen atoms in total. The summed E-state index contributed by atoms with van der Waals surface area (Å²) in [7, 11) is 0. The van der Waals surface area contributed by atoms with E-state index in [1.165, 1.54) is 6.21 Å². The molecule has 1 aliphatic rings. The summed E-state index contributed by atoms with van der Waals surface area (Å²) in [6.07, 6.45) is 3.42. The van der Waals surface area contributed by atoms with Gasteiger partial charge >= 0.3 is 11.8 Å². The Bertz CT molecular complexity index is 510. The maximum Gasteiger partial charge on any atom is 0.329 e. The minimum Gasteiger partial charge on any atom is -0.334 e. The molecule has 1 N–H and O–H groups in total. The quantitative estimate of drug-likeness (QED) is 0.509. The van der Waals surface area contributed by atoms with E-state index in [1.807, 2.05) is 24.3 Å². The van der Waals surface area contributed by atoms with Crippen LogP contribution >= 0.6 is 15.9 Å². The van der Waals surface area contributed by atoms with Gasteiger partial charge in [0.25, 0.3) is 0 Å². The van der Waals surface area contributed by atoms with E-state index in [0.717, 1.165) is 22.9 Å². The Hall–Kier alpha value is -1.69. The second-order valence-corrected chi connectivity index (χ2v) is 5.17. The van der Waals surface area contributed by atoms with Crippen LogP contribution in [-0.2, 0) is 9.59 Å². The Balaban J connectivity index is 1.87. The Labute approximate surface area is 119 Å². The number of rotatable bonds is 2. The molecule has 100 valence electrons.